The van der Waals surface area contributed by atoms with Gasteiger partial charge in [-0.05, 0) is 13.1 Å². The van der Waals surface area contributed by atoms with E-state index in [0.717, 1.165) is 5.56 Å². The molecular formula is C11H13N3O2. The Labute approximate surface area is 94.3 Å². The van der Waals surface area contributed by atoms with Crippen molar-refractivity contribution < 1.29 is 9.53 Å². The van der Waals surface area contributed by atoms with Crippen LogP contribution in [0.2, 0.25) is 0 Å². The number of rotatable bonds is 4. The molecule has 0 bridgehead atoms. The lowest BCUT2D eigenvalue weighted by atomic mass is 10.2. The third-order valence-corrected chi connectivity index (χ3v) is 2.06. The molecule has 0 aromatic carbocycles. The Morgan fingerprint density at radius 2 is 2.44 bits per heavy atom. The van der Waals surface area contributed by atoms with E-state index in [1.807, 2.05) is 12.1 Å². The molecule has 0 fully saturated rings. The molecule has 1 rings (SSSR count). The molecule has 0 atom stereocenters. The van der Waals surface area contributed by atoms with Crippen LogP contribution in [-0.2, 0) is 16.1 Å². The number of hydrogen-bond donors (Lipinski definition) is 0. The number of methoxy groups -OCH3 is 1. The molecule has 1 aromatic heterocycles. The minimum atomic E-state index is -0.301. The fourth-order valence-electron chi connectivity index (χ4n) is 1.30. The first-order valence-corrected chi connectivity index (χ1v) is 4.76. The Hall–Kier alpha value is -1.93. The second-order valence-electron chi connectivity index (χ2n) is 3.37. The monoisotopic (exact) mass is 219 g/mol. The normalized spacial score (nSPS) is 9.88. The highest BCUT2D eigenvalue weighted by atomic mass is 16.5. The van der Waals surface area contributed by atoms with E-state index in [4.69, 9.17) is 5.26 Å². The zero-order chi connectivity index (χ0) is 12.0. The lowest BCUT2D eigenvalue weighted by molar-refractivity contribution is -0.141. The number of likely N-dealkylation sites (N-methyl/N-ethyl adjacent to an activating group) is 1. The van der Waals surface area contributed by atoms with Crippen molar-refractivity contribution in [3.8, 4) is 6.07 Å². The number of carbonyl (C=O) groups excluding carboxylic acids is 1. The van der Waals surface area contributed by atoms with E-state index < -0.39 is 0 Å². The number of aromatic nitrogens is 1. The van der Waals surface area contributed by atoms with Gasteiger partial charge in [0.25, 0.3) is 0 Å². The zero-order valence-electron chi connectivity index (χ0n) is 9.30. The Kier molecular flexibility index (Phi) is 4.42. The third-order valence-electron chi connectivity index (χ3n) is 2.06. The summed E-state index contributed by atoms with van der Waals surface area (Å²) in [6.45, 7) is 0.683. The van der Waals surface area contributed by atoms with Gasteiger partial charge in [-0.3, -0.25) is 9.69 Å². The summed E-state index contributed by atoms with van der Waals surface area (Å²) in [5.74, 6) is -0.301. The van der Waals surface area contributed by atoms with E-state index in [1.165, 1.54) is 7.11 Å². The molecule has 0 radical (unpaired) electrons. The molecule has 5 heteroatoms. The molecule has 0 spiro atoms. The Morgan fingerprint density at radius 1 is 1.69 bits per heavy atom. The molecule has 0 saturated heterocycles. The second kappa shape index (κ2) is 5.83. The predicted molar refractivity (Wildman–Crippen MR) is 57.3 cm³/mol. The van der Waals surface area contributed by atoms with Crippen LogP contribution in [-0.4, -0.2) is 36.6 Å². The van der Waals surface area contributed by atoms with Gasteiger partial charge in [-0.1, -0.05) is 6.07 Å². The molecule has 0 saturated carbocycles. The summed E-state index contributed by atoms with van der Waals surface area (Å²) in [6, 6.07) is 5.60. The number of hydrogen-bond acceptors (Lipinski definition) is 5. The maximum Gasteiger partial charge on any atom is 0.319 e. The summed E-state index contributed by atoms with van der Waals surface area (Å²) in [5, 5.41) is 8.84. The van der Waals surface area contributed by atoms with Crippen LogP contribution in [0.4, 0.5) is 0 Å². The van der Waals surface area contributed by atoms with Gasteiger partial charge in [-0.2, -0.15) is 5.26 Å². The van der Waals surface area contributed by atoms with E-state index in [2.05, 4.69) is 9.72 Å². The van der Waals surface area contributed by atoms with E-state index in [9.17, 15) is 4.79 Å². The van der Waals surface area contributed by atoms with E-state index in [0.29, 0.717) is 12.2 Å². The number of nitrogens with zero attached hydrogens (tertiary/aromatic N) is 3. The SMILES string of the molecule is COC(=O)CN(C)Cc1cccnc1C#N. The van der Waals surface area contributed by atoms with Crippen LogP contribution < -0.4 is 0 Å². The number of ether oxygens (including phenoxy) is 1. The first kappa shape index (κ1) is 12.1. The molecule has 0 N–H and O–H groups in total. The van der Waals surface area contributed by atoms with Crippen molar-refractivity contribution in [1.82, 2.24) is 9.88 Å². The zero-order valence-corrected chi connectivity index (χ0v) is 9.30. The van der Waals surface area contributed by atoms with Crippen LogP contribution in [0.15, 0.2) is 18.3 Å². The third kappa shape index (κ3) is 3.33. The molecule has 0 unspecified atom stereocenters. The summed E-state index contributed by atoms with van der Waals surface area (Å²) < 4.78 is 4.55. The molecule has 84 valence electrons. The predicted octanol–water partition coefficient (Wildman–Crippen LogP) is 0.558. The quantitative estimate of drug-likeness (QED) is 0.692. The number of pyridine rings is 1. The number of carbonyl (C=O) groups is 1. The minimum Gasteiger partial charge on any atom is -0.468 e. The summed E-state index contributed by atoms with van der Waals surface area (Å²) in [6.07, 6.45) is 1.57. The van der Waals surface area contributed by atoms with Crippen molar-refractivity contribution in [3.05, 3.63) is 29.6 Å². The number of nitriles is 1. The van der Waals surface area contributed by atoms with Crippen molar-refractivity contribution in [1.29, 1.82) is 5.26 Å². The highest BCUT2D eigenvalue weighted by Gasteiger charge is 2.09. The molecule has 0 amide bonds. The summed E-state index contributed by atoms with van der Waals surface area (Å²) in [7, 11) is 3.13. The first-order valence-electron chi connectivity index (χ1n) is 4.76. The average molecular weight is 219 g/mol. The topological polar surface area (TPSA) is 66.2 Å². The molecule has 0 aliphatic carbocycles. The minimum absolute atomic E-state index is 0.191. The van der Waals surface area contributed by atoms with Crippen LogP contribution >= 0.6 is 0 Å². The van der Waals surface area contributed by atoms with Crippen molar-refractivity contribution in [3.63, 3.8) is 0 Å². The fraction of sp³-hybridized carbons (Fsp3) is 0.364. The molecule has 0 aliphatic heterocycles. The Balaban J connectivity index is 2.66. The van der Waals surface area contributed by atoms with Crippen LogP contribution in [0.1, 0.15) is 11.3 Å². The Bertz CT molecular complexity index is 412. The largest absolute Gasteiger partial charge is 0.468 e. The van der Waals surface area contributed by atoms with E-state index in [-0.39, 0.29) is 12.5 Å². The molecule has 0 aliphatic rings. The lowest BCUT2D eigenvalue weighted by Gasteiger charge is -2.15. The van der Waals surface area contributed by atoms with Gasteiger partial charge in [0, 0.05) is 18.3 Å². The van der Waals surface area contributed by atoms with Crippen LogP contribution in [0.25, 0.3) is 0 Å². The van der Waals surface area contributed by atoms with Crippen molar-refractivity contribution in [2.24, 2.45) is 0 Å². The maximum atomic E-state index is 11.0. The highest BCUT2D eigenvalue weighted by Crippen LogP contribution is 2.06. The second-order valence-corrected chi connectivity index (χ2v) is 3.37. The highest BCUT2D eigenvalue weighted by molar-refractivity contribution is 5.71. The van der Waals surface area contributed by atoms with Gasteiger partial charge in [0.15, 0.2) is 0 Å². The Morgan fingerprint density at radius 3 is 3.06 bits per heavy atom. The van der Waals surface area contributed by atoms with Gasteiger partial charge in [0.1, 0.15) is 11.8 Å². The number of esters is 1. The maximum absolute atomic E-state index is 11.0. The van der Waals surface area contributed by atoms with E-state index >= 15 is 0 Å². The summed E-state index contributed by atoms with van der Waals surface area (Å²) in [5.41, 5.74) is 1.19. The fourth-order valence-corrected chi connectivity index (χ4v) is 1.30. The van der Waals surface area contributed by atoms with E-state index in [1.54, 1.807) is 24.2 Å². The summed E-state index contributed by atoms with van der Waals surface area (Å²) >= 11 is 0. The van der Waals surface area contributed by atoms with Gasteiger partial charge < -0.3 is 4.74 Å². The molecule has 1 aromatic rings. The van der Waals surface area contributed by atoms with Gasteiger partial charge in [0.05, 0.1) is 13.7 Å². The van der Waals surface area contributed by atoms with Crippen molar-refractivity contribution in [2.45, 2.75) is 6.54 Å². The smallest absolute Gasteiger partial charge is 0.319 e. The molecule has 5 nitrogen and oxygen atoms in total. The van der Waals surface area contributed by atoms with Crippen molar-refractivity contribution in [2.75, 3.05) is 20.7 Å². The van der Waals surface area contributed by atoms with Gasteiger partial charge >= 0.3 is 5.97 Å². The lowest BCUT2D eigenvalue weighted by Crippen LogP contribution is -2.26. The van der Waals surface area contributed by atoms with Gasteiger partial charge in [0.2, 0.25) is 0 Å². The summed E-state index contributed by atoms with van der Waals surface area (Å²) in [4.78, 5) is 16.7. The molecule has 16 heavy (non-hydrogen) atoms. The van der Waals surface area contributed by atoms with Crippen LogP contribution in [0, 0.1) is 11.3 Å². The molecule has 1 heterocycles. The van der Waals surface area contributed by atoms with Crippen molar-refractivity contribution >= 4 is 5.97 Å². The van der Waals surface area contributed by atoms with Crippen LogP contribution in [0.3, 0.4) is 0 Å². The molecular weight excluding hydrogens is 206 g/mol. The van der Waals surface area contributed by atoms with Crippen LogP contribution in [0.5, 0.6) is 0 Å². The van der Waals surface area contributed by atoms with Gasteiger partial charge in [-0.25, -0.2) is 4.98 Å². The first-order chi connectivity index (χ1) is 7.67. The van der Waals surface area contributed by atoms with Gasteiger partial charge in [-0.15, -0.1) is 0 Å². The standard InChI is InChI=1S/C11H13N3O2/c1-14(8-11(15)16-2)7-9-4-3-5-13-10(9)6-12/h3-5H,7-8H2,1-2H3. The average Bonchev–Trinajstić information content (AvgIpc) is 2.29.